The molecular weight excluding hydrogens is 480 g/mol. The van der Waals surface area contributed by atoms with Crippen LogP contribution in [-0.2, 0) is 5.41 Å². The van der Waals surface area contributed by atoms with Gasteiger partial charge in [-0.05, 0) is 63.5 Å². The molecule has 4 rings (SSSR count). The maximum atomic E-state index is 12.9. The van der Waals surface area contributed by atoms with Crippen molar-refractivity contribution >= 4 is 17.5 Å². The highest BCUT2D eigenvalue weighted by Crippen LogP contribution is 2.28. The number of aliphatic hydroxyl groups is 1. The van der Waals surface area contributed by atoms with Crippen LogP contribution >= 0.6 is 0 Å². The van der Waals surface area contributed by atoms with Gasteiger partial charge in [-0.1, -0.05) is 38.5 Å². The van der Waals surface area contributed by atoms with E-state index >= 15 is 0 Å². The standard InChI is InChI=1S/C29H34N6O3/c1-19-7-11-21(12-8-19)35-26(18-25(33-35)29(2,3)4)32-28(37)31-20-9-13-22(14-10-20)38-23-15-16-30-24(17-23)27(36)34(5)6/h7-18,27,36H,1-6H3,(H2,31,32,37). The first-order valence-corrected chi connectivity index (χ1v) is 12.3. The van der Waals surface area contributed by atoms with Crippen molar-refractivity contribution in [1.82, 2.24) is 19.7 Å². The van der Waals surface area contributed by atoms with Crippen LogP contribution in [0.5, 0.6) is 11.5 Å². The van der Waals surface area contributed by atoms with E-state index in [0.717, 1.165) is 16.9 Å². The molecule has 0 saturated carbocycles. The second kappa shape index (κ2) is 11.0. The van der Waals surface area contributed by atoms with E-state index in [4.69, 9.17) is 9.84 Å². The Morgan fingerprint density at radius 3 is 2.29 bits per heavy atom. The van der Waals surface area contributed by atoms with Gasteiger partial charge in [-0.25, -0.2) is 9.48 Å². The van der Waals surface area contributed by atoms with Gasteiger partial charge in [0.25, 0.3) is 0 Å². The number of nitrogens with zero attached hydrogens (tertiary/aromatic N) is 4. The molecule has 0 radical (unpaired) electrons. The molecule has 0 aliphatic carbocycles. The van der Waals surface area contributed by atoms with Crippen molar-refractivity contribution in [3.63, 3.8) is 0 Å². The van der Waals surface area contributed by atoms with Crippen LogP contribution in [0.25, 0.3) is 5.69 Å². The average Bonchev–Trinajstić information content (AvgIpc) is 3.29. The molecule has 198 valence electrons. The van der Waals surface area contributed by atoms with Gasteiger partial charge in [0.15, 0.2) is 0 Å². The molecule has 4 aromatic rings. The van der Waals surface area contributed by atoms with Crippen molar-refractivity contribution in [2.24, 2.45) is 0 Å². The molecule has 9 heteroatoms. The van der Waals surface area contributed by atoms with Crippen LogP contribution in [-0.4, -0.2) is 44.9 Å². The lowest BCUT2D eigenvalue weighted by Gasteiger charge is -2.18. The lowest BCUT2D eigenvalue weighted by Crippen LogP contribution is -2.21. The molecule has 2 aromatic carbocycles. The van der Waals surface area contributed by atoms with Gasteiger partial charge >= 0.3 is 6.03 Å². The van der Waals surface area contributed by atoms with Gasteiger partial charge in [-0.2, -0.15) is 5.10 Å². The first-order chi connectivity index (χ1) is 18.0. The van der Waals surface area contributed by atoms with E-state index in [-0.39, 0.29) is 11.4 Å². The zero-order valence-corrected chi connectivity index (χ0v) is 22.6. The lowest BCUT2D eigenvalue weighted by molar-refractivity contribution is 0.0356. The zero-order chi connectivity index (χ0) is 27.4. The number of aliphatic hydroxyl groups excluding tert-OH is 1. The summed E-state index contributed by atoms with van der Waals surface area (Å²) in [5, 5.41) is 20.7. The number of ether oxygens (including phenoxy) is 1. The highest BCUT2D eigenvalue weighted by molar-refractivity contribution is 5.99. The molecule has 2 amide bonds. The Balaban J connectivity index is 1.45. The summed E-state index contributed by atoms with van der Waals surface area (Å²) >= 11 is 0. The molecule has 0 fully saturated rings. The Labute approximate surface area is 223 Å². The quantitative estimate of drug-likeness (QED) is 0.267. The third-order valence-electron chi connectivity index (χ3n) is 5.85. The van der Waals surface area contributed by atoms with Gasteiger partial charge in [0.2, 0.25) is 0 Å². The number of benzene rings is 2. The molecule has 0 spiro atoms. The lowest BCUT2D eigenvalue weighted by atomic mass is 9.92. The third kappa shape index (κ3) is 6.56. The Kier molecular flexibility index (Phi) is 7.80. The Morgan fingerprint density at radius 1 is 0.974 bits per heavy atom. The number of nitrogens with one attached hydrogen (secondary N) is 2. The van der Waals surface area contributed by atoms with E-state index in [9.17, 15) is 9.90 Å². The molecule has 0 saturated heterocycles. The molecule has 0 aliphatic rings. The molecule has 3 N–H and O–H groups in total. The smallest absolute Gasteiger partial charge is 0.324 e. The predicted octanol–water partition coefficient (Wildman–Crippen LogP) is 5.86. The van der Waals surface area contributed by atoms with E-state index in [2.05, 4.69) is 36.4 Å². The zero-order valence-electron chi connectivity index (χ0n) is 22.6. The van der Waals surface area contributed by atoms with Gasteiger partial charge in [0.1, 0.15) is 23.5 Å². The Hall–Kier alpha value is -4.21. The van der Waals surface area contributed by atoms with Crippen molar-refractivity contribution in [3.05, 3.63) is 89.9 Å². The van der Waals surface area contributed by atoms with Crippen molar-refractivity contribution in [2.45, 2.75) is 39.3 Å². The summed E-state index contributed by atoms with van der Waals surface area (Å²) in [5.41, 5.74) is 3.78. The van der Waals surface area contributed by atoms with E-state index < -0.39 is 6.23 Å². The van der Waals surface area contributed by atoms with E-state index in [1.807, 2.05) is 37.3 Å². The maximum Gasteiger partial charge on any atom is 0.324 e. The monoisotopic (exact) mass is 514 g/mol. The number of aryl methyl sites for hydroxylation is 1. The fraction of sp³-hybridized carbons (Fsp3) is 0.276. The molecule has 2 aromatic heterocycles. The number of carbonyl (C=O) groups excluding carboxylic acids is 1. The molecule has 38 heavy (non-hydrogen) atoms. The molecular formula is C29H34N6O3. The van der Waals surface area contributed by atoms with Crippen molar-refractivity contribution in [2.75, 3.05) is 24.7 Å². The van der Waals surface area contributed by atoms with Crippen molar-refractivity contribution in [3.8, 4) is 17.2 Å². The summed E-state index contributed by atoms with van der Waals surface area (Å²) in [6, 6.07) is 19.9. The summed E-state index contributed by atoms with van der Waals surface area (Å²) in [5.74, 6) is 1.71. The van der Waals surface area contributed by atoms with Crippen molar-refractivity contribution < 1.29 is 14.6 Å². The number of rotatable bonds is 7. The number of aromatic nitrogens is 3. The summed E-state index contributed by atoms with van der Waals surface area (Å²) in [6.45, 7) is 8.28. The molecule has 2 heterocycles. The van der Waals surface area contributed by atoms with Crippen LogP contribution in [0.3, 0.4) is 0 Å². The van der Waals surface area contributed by atoms with Crippen LogP contribution in [0.15, 0.2) is 72.9 Å². The van der Waals surface area contributed by atoms with E-state index in [1.54, 1.807) is 66.3 Å². The average molecular weight is 515 g/mol. The minimum absolute atomic E-state index is 0.182. The minimum atomic E-state index is -0.828. The highest BCUT2D eigenvalue weighted by Gasteiger charge is 2.21. The third-order valence-corrected chi connectivity index (χ3v) is 5.85. The van der Waals surface area contributed by atoms with Gasteiger partial charge < -0.3 is 15.2 Å². The molecule has 1 unspecified atom stereocenters. The molecule has 0 aliphatic heterocycles. The van der Waals surface area contributed by atoms with Gasteiger partial charge in [-0.3, -0.25) is 15.2 Å². The van der Waals surface area contributed by atoms with Gasteiger partial charge in [-0.15, -0.1) is 0 Å². The van der Waals surface area contributed by atoms with Gasteiger partial charge in [0, 0.05) is 29.4 Å². The van der Waals surface area contributed by atoms with Gasteiger partial charge in [0.05, 0.1) is 17.1 Å². The topological polar surface area (TPSA) is 105 Å². The maximum absolute atomic E-state index is 12.9. The fourth-order valence-corrected chi connectivity index (χ4v) is 3.64. The largest absolute Gasteiger partial charge is 0.457 e. The minimum Gasteiger partial charge on any atom is -0.457 e. The number of anilines is 2. The van der Waals surface area contributed by atoms with Crippen LogP contribution in [0.1, 0.15) is 44.0 Å². The van der Waals surface area contributed by atoms with Crippen molar-refractivity contribution in [1.29, 1.82) is 0 Å². The summed E-state index contributed by atoms with van der Waals surface area (Å²) < 4.78 is 7.65. The number of hydrogen-bond acceptors (Lipinski definition) is 6. The number of hydrogen-bond donors (Lipinski definition) is 3. The SMILES string of the molecule is Cc1ccc(-n2nc(C(C)(C)C)cc2NC(=O)Nc2ccc(Oc3ccnc(C(O)N(C)C)c3)cc2)cc1. The molecule has 1 atom stereocenters. The Morgan fingerprint density at radius 2 is 1.66 bits per heavy atom. The summed E-state index contributed by atoms with van der Waals surface area (Å²) in [4.78, 5) is 18.7. The summed E-state index contributed by atoms with van der Waals surface area (Å²) in [6.07, 6.45) is 0.759. The number of carbonyl (C=O) groups is 1. The Bertz CT molecular complexity index is 1390. The molecule has 9 nitrogen and oxygen atoms in total. The van der Waals surface area contributed by atoms with E-state index in [1.165, 1.54) is 0 Å². The normalized spacial score (nSPS) is 12.3. The van der Waals surface area contributed by atoms with Crippen LogP contribution in [0.2, 0.25) is 0 Å². The number of pyridine rings is 1. The highest BCUT2D eigenvalue weighted by atomic mass is 16.5. The first-order valence-electron chi connectivity index (χ1n) is 12.3. The van der Waals surface area contributed by atoms with Crippen LogP contribution < -0.4 is 15.4 Å². The van der Waals surface area contributed by atoms with Crippen LogP contribution in [0.4, 0.5) is 16.3 Å². The fourth-order valence-electron chi connectivity index (χ4n) is 3.64. The first kappa shape index (κ1) is 26.8. The summed E-state index contributed by atoms with van der Waals surface area (Å²) in [7, 11) is 3.53. The number of urea groups is 1. The predicted molar refractivity (Wildman–Crippen MR) is 149 cm³/mol. The van der Waals surface area contributed by atoms with Crippen LogP contribution in [0, 0.1) is 6.92 Å². The molecule has 0 bridgehead atoms. The second-order valence-corrected chi connectivity index (χ2v) is 10.4. The number of amides is 2. The van der Waals surface area contributed by atoms with E-state index in [0.29, 0.717) is 28.7 Å². The second-order valence-electron chi connectivity index (χ2n) is 10.4.